The van der Waals surface area contributed by atoms with Crippen LogP contribution in [0.3, 0.4) is 0 Å². The van der Waals surface area contributed by atoms with Crippen LogP contribution in [0.25, 0.3) is 81.9 Å². The molecule has 0 bridgehead atoms. The smallest absolute Gasteiger partial charge is 0.142 e. The Labute approximate surface area is 358 Å². The largest absolute Gasteiger partial charge is 0.460 e. The van der Waals surface area contributed by atoms with Crippen molar-refractivity contribution in [3.8, 4) is 22.3 Å². The van der Waals surface area contributed by atoms with E-state index in [2.05, 4.69) is 198 Å². The standard InChI is InChI=1S/C60H46O/c1-37-30-38(2)32-48(31-37)58-35-47-29-28-45(34-57(47)53-15-8-9-16-54(53)58)42-22-20-41(21-23-42)33-56(59-36-46-12-5-6-13-50(46)52-14-7-10-17-55(52)59)44-26-24-43(25-27-44)51-19-11-18-49-39(3)40(4)61-60(49)51/h5-8,10-15,17-20,22,24-32,34-36,56H,21,23,33H2,1-4H3. The molecule has 1 aliphatic rings. The number of fused-ring (bicyclic) bond motifs is 7. The molecule has 10 aromatic rings. The molecule has 0 N–H and O–H groups in total. The van der Waals surface area contributed by atoms with E-state index in [1.807, 2.05) is 6.07 Å². The maximum atomic E-state index is 6.31. The van der Waals surface area contributed by atoms with E-state index in [1.54, 1.807) is 0 Å². The van der Waals surface area contributed by atoms with Gasteiger partial charge in [-0.1, -0.05) is 162 Å². The van der Waals surface area contributed by atoms with Gasteiger partial charge < -0.3 is 4.42 Å². The highest BCUT2D eigenvalue weighted by molar-refractivity contribution is 6.14. The van der Waals surface area contributed by atoms with Crippen molar-refractivity contribution in [3.05, 3.63) is 221 Å². The SMILES string of the molecule is Cc1cc(C)cc(-c2cc3ccc(C4=CC=C(CC(c5ccc(-c6cccc7c(C)c(C)oc67)cc5)c5cc6ccccc6c6ccccc56)CC4)cc3c3ccc#cc23)c1. The quantitative estimate of drug-likeness (QED) is 0.147. The molecule has 0 saturated heterocycles. The van der Waals surface area contributed by atoms with Crippen molar-refractivity contribution in [2.24, 2.45) is 0 Å². The minimum atomic E-state index is 0.181. The molecule has 0 aliphatic heterocycles. The Morgan fingerprint density at radius 3 is 2.08 bits per heavy atom. The summed E-state index contributed by atoms with van der Waals surface area (Å²) in [5.74, 6) is 1.16. The van der Waals surface area contributed by atoms with E-state index in [0.29, 0.717) is 0 Å². The molecule has 11 rings (SSSR count). The number of aryl methyl sites for hydroxylation is 4. The fraction of sp³-hybridized carbons (Fsp3) is 0.133. The molecule has 0 radical (unpaired) electrons. The van der Waals surface area contributed by atoms with Gasteiger partial charge in [-0.3, -0.25) is 0 Å². The number of rotatable bonds is 7. The Morgan fingerprint density at radius 2 is 1.28 bits per heavy atom. The van der Waals surface area contributed by atoms with Crippen LogP contribution in [-0.2, 0) is 0 Å². The molecule has 1 heterocycles. The van der Waals surface area contributed by atoms with Gasteiger partial charge in [0.2, 0.25) is 0 Å². The molecule has 1 atom stereocenters. The van der Waals surface area contributed by atoms with Gasteiger partial charge in [-0.05, 0) is 160 Å². The molecular formula is C60H46O. The van der Waals surface area contributed by atoms with Crippen LogP contribution in [0.5, 0.6) is 0 Å². The van der Waals surface area contributed by atoms with Crippen molar-refractivity contribution in [1.29, 1.82) is 0 Å². The van der Waals surface area contributed by atoms with E-state index in [4.69, 9.17) is 4.42 Å². The van der Waals surface area contributed by atoms with E-state index in [-0.39, 0.29) is 5.92 Å². The first-order valence-corrected chi connectivity index (χ1v) is 21.6. The third-order valence-electron chi connectivity index (χ3n) is 13.3. The average Bonchev–Trinajstić information content (AvgIpc) is 3.59. The van der Waals surface area contributed by atoms with Crippen LogP contribution in [-0.4, -0.2) is 0 Å². The summed E-state index contributed by atoms with van der Waals surface area (Å²) in [6, 6.07) is 63.2. The molecule has 1 aliphatic carbocycles. The third kappa shape index (κ3) is 6.52. The Balaban J connectivity index is 0.976. The second kappa shape index (κ2) is 14.8. The van der Waals surface area contributed by atoms with Crippen LogP contribution in [0.1, 0.15) is 64.3 Å². The third-order valence-corrected chi connectivity index (χ3v) is 13.3. The van der Waals surface area contributed by atoms with E-state index >= 15 is 0 Å². The summed E-state index contributed by atoms with van der Waals surface area (Å²) in [7, 11) is 0. The zero-order chi connectivity index (χ0) is 41.2. The summed E-state index contributed by atoms with van der Waals surface area (Å²) in [6.45, 7) is 8.56. The summed E-state index contributed by atoms with van der Waals surface area (Å²) in [5.41, 5.74) is 16.4. The molecule has 0 amide bonds. The van der Waals surface area contributed by atoms with E-state index < -0.39 is 0 Å². The van der Waals surface area contributed by atoms with Gasteiger partial charge in [0.1, 0.15) is 11.3 Å². The van der Waals surface area contributed by atoms with Crippen LogP contribution < -0.4 is 0 Å². The first kappa shape index (κ1) is 36.9. The highest BCUT2D eigenvalue weighted by Gasteiger charge is 2.23. The maximum Gasteiger partial charge on any atom is 0.142 e. The summed E-state index contributed by atoms with van der Waals surface area (Å²) in [4.78, 5) is 0. The van der Waals surface area contributed by atoms with Crippen molar-refractivity contribution >= 4 is 59.6 Å². The Bertz CT molecular complexity index is 3400. The topological polar surface area (TPSA) is 13.1 Å². The zero-order valence-electron chi connectivity index (χ0n) is 35.2. The van der Waals surface area contributed by atoms with Crippen molar-refractivity contribution in [2.45, 2.75) is 52.9 Å². The Kier molecular flexibility index (Phi) is 8.98. The monoisotopic (exact) mass is 782 g/mol. The molecule has 61 heavy (non-hydrogen) atoms. The van der Waals surface area contributed by atoms with Crippen LogP contribution in [0.2, 0.25) is 0 Å². The minimum Gasteiger partial charge on any atom is -0.460 e. The zero-order valence-corrected chi connectivity index (χ0v) is 35.2. The number of furan rings is 1. The molecule has 292 valence electrons. The first-order valence-electron chi connectivity index (χ1n) is 21.6. The molecule has 1 nitrogen and oxygen atoms in total. The molecule has 1 unspecified atom stereocenters. The molecule has 0 spiro atoms. The van der Waals surface area contributed by atoms with Gasteiger partial charge >= 0.3 is 0 Å². The van der Waals surface area contributed by atoms with Gasteiger partial charge in [0.15, 0.2) is 0 Å². The number of hydrogen-bond acceptors (Lipinski definition) is 1. The molecule has 0 fully saturated rings. The number of para-hydroxylation sites is 1. The molecular weight excluding hydrogens is 737 g/mol. The Morgan fingerprint density at radius 1 is 0.541 bits per heavy atom. The fourth-order valence-corrected chi connectivity index (χ4v) is 10.1. The summed E-state index contributed by atoms with van der Waals surface area (Å²) < 4.78 is 6.31. The van der Waals surface area contributed by atoms with Crippen LogP contribution in [0.15, 0.2) is 174 Å². The lowest BCUT2D eigenvalue weighted by molar-refractivity contribution is 0.576. The lowest BCUT2D eigenvalue weighted by Crippen LogP contribution is -2.06. The van der Waals surface area contributed by atoms with Gasteiger partial charge in [0, 0.05) is 22.3 Å². The lowest BCUT2D eigenvalue weighted by Gasteiger charge is -2.25. The van der Waals surface area contributed by atoms with E-state index in [9.17, 15) is 0 Å². The van der Waals surface area contributed by atoms with Crippen LogP contribution in [0, 0.1) is 39.8 Å². The minimum absolute atomic E-state index is 0.181. The predicted octanol–water partition coefficient (Wildman–Crippen LogP) is 16.5. The fourth-order valence-electron chi connectivity index (χ4n) is 10.1. The maximum absolute atomic E-state index is 6.31. The number of benzene rings is 8. The van der Waals surface area contributed by atoms with Crippen LogP contribution >= 0.6 is 0 Å². The van der Waals surface area contributed by atoms with Gasteiger partial charge in [0.05, 0.1) is 0 Å². The van der Waals surface area contributed by atoms with Gasteiger partial charge in [0.25, 0.3) is 0 Å². The first-order chi connectivity index (χ1) is 29.9. The molecule has 1 heteroatoms. The average molecular weight is 783 g/mol. The highest BCUT2D eigenvalue weighted by atomic mass is 16.3. The second-order valence-electron chi connectivity index (χ2n) is 17.2. The van der Waals surface area contributed by atoms with Crippen molar-refractivity contribution < 1.29 is 4.42 Å². The van der Waals surface area contributed by atoms with Crippen molar-refractivity contribution in [2.75, 3.05) is 0 Å². The summed E-state index contributed by atoms with van der Waals surface area (Å²) in [6.07, 6.45) is 7.79. The normalized spacial score (nSPS) is 13.5. The van der Waals surface area contributed by atoms with E-state index in [0.717, 1.165) is 41.6 Å². The Hall–Kier alpha value is -7.14. The van der Waals surface area contributed by atoms with Crippen LogP contribution in [0.4, 0.5) is 0 Å². The summed E-state index contributed by atoms with van der Waals surface area (Å²) in [5, 5.41) is 11.3. The molecule has 0 saturated carbocycles. The molecule has 1 aromatic heterocycles. The van der Waals surface area contributed by atoms with Crippen molar-refractivity contribution in [3.63, 3.8) is 0 Å². The van der Waals surface area contributed by atoms with Gasteiger partial charge in [-0.15, -0.1) is 0 Å². The lowest BCUT2D eigenvalue weighted by atomic mass is 9.79. The number of allylic oxidation sites excluding steroid dienone is 4. The van der Waals surface area contributed by atoms with Gasteiger partial charge in [-0.25, -0.2) is 0 Å². The summed E-state index contributed by atoms with van der Waals surface area (Å²) >= 11 is 0. The van der Waals surface area contributed by atoms with Crippen molar-refractivity contribution in [1.82, 2.24) is 0 Å². The second-order valence-corrected chi connectivity index (χ2v) is 17.2. The number of hydrogen-bond donors (Lipinski definition) is 0. The molecule has 9 aromatic carbocycles. The van der Waals surface area contributed by atoms with E-state index in [1.165, 1.54) is 104 Å². The highest BCUT2D eigenvalue weighted by Crippen LogP contribution is 2.43. The predicted molar refractivity (Wildman–Crippen MR) is 258 cm³/mol. The van der Waals surface area contributed by atoms with Gasteiger partial charge in [-0.2, -0.15) is 0 Å².